The summed E-state index contributed by atoms with van der Waals surface area (Å²) in [5.41, 5.74) is 6.10. The van der Waals surface area contributed by atoms with Gasteiger partial charge in [0.1, 0.15) is 0 Å². The van der Waals surface area contributed by atoms with Crippen molar-refractivity contribution in [1.29, 1.82) is 0 Å². The van der Waals surface area contributed by atoms with E-state index < -0.39 is 0 Å². The van der Waals surface area contributed by atoms with Crippen LogP contribution in [-0.4, -0.2) is 9.97 Å². The number of hydrogen-bond acceptors (Lipinski definition) is 2. The molecule has 3 heteroatoms. The van der Waals surface area contributed by atoms with Gasteiger partial charge in [-0.05, 0) is 42.7 Å². The van der Waals surface area contributed by atoms with E-state index in [2.05, 4.69) is 42.0 Å². The molecule has 0 atom stereocenters. The van der Waals surface area contributed by atoms with Crippen molar-refractivity contribution in [1.82, 2.24) is 9.97 Å². The van der Waals surface area contributed by atoms with Crippen molar-refractivity contribution < 1.29 is 0 Å². The Kier molecular flexibility index (Phi) is 2.67. The second-order valence-electron chi connectivity index (χ2n) is 4.78. The number of fused-ring (bicyclic) bond motifs is 1. The van der Waals surface area contributed by atoms with Crippen LogP contribution < -0.4 is 5.56 Å². The van der Waals surface area contributed by atoms with Crippen molar-refractivity contribution in [2.24, 2.45) is 0 Å². The van der Waals surface area contributed by atoms with Gasteiger partial charge in [-0.15, -0.1) is 0 Å². The summed E-state index contributed by atoms with van der Waals surface area (Å²) in [4.78, 5) is 18.5. The van der Waals surface area contributed by atoms with Crippen LogP contribution in [0, 0.1) is 13.8 Å². The third-order valence-electron chi connectivity index (χ3n) is 3.41. The van der Waals surface area contributed by atoms with Gasteiger partial charge in [0.25, 0.3) is 0 Å². The molecular formula is C16H14N2O. The van der Waals surface area contributed by atoms with E-state index in [1.807, 2.05) is 12.3 Å². The second-order valence-corrected chi connectivity index (χ2v) is 4.78. The maximum Gasteiger partial charge on any atom is 0.248 e. The van der Waals surface area contributed by atoms with Crippen LogP contribution in [-0.2, 0) is 0 Å². The number of aromatic nitrogens is 2. The molecule has 0 amide bonds. The van der Waals surface area contributed by atoms with Crippen LogP contribution in [0.15, 0.2) is 47.4 Å². The third-order valence-corrected chi connectivity index (χ3v) is 3.41. The summed E-state index contributed by atoms with van der Waals surface area (Å²) in [6.45, 7) is 4.18. The molecule has 0 unspecified atom stereocenters. The Morgan fingerprint density at radius 1 is 0.947 bits per heavy atom. The summed E-state index contributed by atoms with van der Waals surface area (Å²) in [7, 11) is 0. The van der Waals surface area contributed by atoms with E-state index in [1.165, 1.54) is 17.2 Å². The molecule has 3 aromatic rings. The first-order valence-corrected chi connectivity index (χ1v) is 6.20. The van der Waals surface area contributed by atoms with Gasteiger partial charge in [-0.25, -0.2) is 0 Å². The molecule has 3 rings (SSSR count). The highest BCUT2D eigenvalue weighted by Gasteiger charge is 2.03. The number of nitrogens with zero attached hydrogens (tertiary/aromatic N) is 1. The van der Waals surface area contributed by atoms with Crippen LogP contribution in [0.1, 0.15) is 11.1 Å². The van der Waals surface area contributed by atoms with Crippen molar-refractivity contribution >= 4 is 11.0 Å². The lowest BCUT2D eigenvalue weighted by Gasteiger charge is -2.06. The molecule has 0 aliphatic carbocycles. The Labute approximate surface area is 111 Å². The monoisotopic (exact) mass is 250 g/mol. The summed E-state index contributed by atoms with van der Waals surface area (Å²) in [6.07, 6.45) is 1.84. The molecule has 94 valence electrons. The predicted octanol–water partition coefficient (Wildman–Crippen LogP) is 3.21. The van der Waals surface area contributed by atoms with Crippen molar-refractivity contribution in [2.45, 2.75) is 13.8 Å². The summed E-state index contributed by atoms with van der Waals surface area (Å²) in [5.74, 6) is 0. The molecular weight excluding hydrogens is 236 g/mol. The van der Waals surface area contributed by atoms with Gasteiger partial charge in [0.05, 0.1) is 11.0 Å². The number of benzene rings is 1. The molecule has 2 aromatic heterocycles. The maximum atomic E-state index is 11.3. The number of nitrogens with one attached hydrogen (secondary N) is 1. The Balaban J connectivity index is 2.19. The predicted molar refractivity (Wildman–Crippen MR) is 77.3 cm³/mol. The van der Waals surface area contributed by atoms with Gasteiger partial charge < -0.3 is 4.98 Å². The van der Waals surface area contributed by atoms with Crippen LogP contribution in [0.25, 0.3) is 22.2 Å². The zero-order valence-electron chi connectivity index (χ0n) is 10.9. The van der Waals surface area contributed by atoms with Gasteiger partial charge in [0.2, 0.25) is 5.56 Å². The normalized spacial score (nSPS) is 10.8. The molecule has 0 radical (unpaired) electrons. The zero-order valence-corrected chi connectivity index (χ0v) is 10.9. The van der Waals surface area contributed by atoms with E-state index in [9.17, 15) is 4.79 Å². The lowest BCUT2D eigenvalue weighted by Crippen LogP contribution is -2.03. The first kappa shape index (κ1) is 11.7. The van der Waals surface area contributed by atoms with Gasteiger partial charge in [0, 0.05) is 17.8 Å². The minimum Gasteiger partial charge on any atom is -0.321 e. The number of H-pyrrole nitrogens is 1. The molecule has 0 saturated heterocycles. The van der Waals surface area contributed by atoms with E-state index in [1.54, 1.807) is 6.07 Å². The number of pyridine rings is 2. The highest BCUT2D eigenvalue weighted by Crippen LogP contribution is 2.23. The van der Waals surface area contributed by atoms with Gasteiger partial charge >= 0.3 is 0 Å². The Bertz CT molecular complexity index is 818. The van der Waals surface area contributed by atoms with E-state index in [0.717, 1.165) is 22.2 Å². The van der Waals surface area contributed by atoms with Crippen LogP contribution in [0.2, 0.25) is 0 Å². The molecule has 0 bridgehead atoms. The van der Waals surface area contributed by atoms with Crippen LogP contribution in [0.3, 0.4) is 0 Å². The topological polar surface area (TPSA) is 45.8 Å². The van der Waals surface area contributed by atoms with Crippen LogP contribution in [0.4, 0.5) is 0 Å². The molecule has 0 saturated carbocycles. The molecule has 3 nitrogen and oxygen atoms in total. The fourth-order valence-electron chi connectivity index (χ4n) is 2.12. The minimum absolute atomic E-state index is 0.105. The standard InChI is InChI=1S/C16H14N2O/c1-10-3-4-12(7-11(10)2)13-8-15-14(17-9-13)5-6-16(19)18-15/h3-9H,1-2H3,(H,18,19). The summed E-state index contributed by atoms with van der Waals surface area (Å²) >= 11 is 0. The SMILES string of the molecule is Cc1ccc(-c2cnc3ccc(=O)[nH]c3c2)cc1C. The number of aryl methyl sites for hydroxylation is 2. The Hall–Kier alpha value is -2.42. The molecule has 1 N–H and O–H groups in total. The molecule has 0 fully saturated rings. The summed E-state index contributed by atoms with van der Waals surface area (Å²) in [5, 5.41) is 0. The Morgan fingerprint density at radius 3 is 2.58 bits per heavy atom. The molecule has 2 heterocycles. The first-order chi connectivity index (χ1) is 9.13. The minimum atomic E-state index is -0.105. The van der Waals surface area contributed by atoms with Gasteiger partial charge in [0.15, 0.2) is 0 Å². The van der Waals surface area contributed by atoms with Gasteiger partial charge in [-0.1, -0.05) is 18.2 Å². The average molecular weight is 250 g/mol. The fraction of sp³-hybridized carbons (Fsp3) is 0.125. The average Bonchev–Trinajstić information content (AvgIpc) is 2.41. The number of hydrogen-bond donors (Lipinski definition) is 1. The first-order valence-electron chi connectivity index (χ1n) is 6.20. The molecule has 1 aromatic carbocycles. The number of aromatic amines is 1. The van der Waals surface area contributed by atoms with E-state index in [4.69, 9.17) is 0 Å². The highest BCUT2D eigenvalue weighted by molar-refractivity contribution is 5.80. The van der Waals surface area contributed by atoms with Crippen molar-refractivity contribution in [3.63, 3.8) is 0 Å². The molecule has 0 aliphatic heterocycles. The molecule has 19 heavy (non-hydrogen) atoms. The van der Waals surface area contributed by atoms with Crippen LogP contribution >= 0.6 is 0 Å². The zero-order chi connectivity index (χ0) is 13.4. The van der Waals surface area contributed by atoms with E-state index >= 15 is 0 Å². The quantitative estimate of drug-likeness (QED) is 0.720. The van der Waals surface area contributed by atoms with Crippen molar-refractivity contribution in [2.75, 3.05) is 0 Å². The molecule has 0 spiro atoms. The highest BCUT2D eigenvalue weighted by atomic mass is 16.1. The Morgan fingerprint density at radius 2 is 1.79 bits per heavy atom. The smallest absolute Gasteiger partial charge is 0.248 e. The lowest BCUT2D eigenvalue weighted by molar-refractivity contribution is 1.27. The summed E-state index contributed by atoms with van der Waals surface area (Å²) < 4.78 is 0. The largest absolute Gasteiger partial charge is 0.321 e. The second kappa shape index (κ2) is 4.35. The maximum absolute atomic E-state index is 11.3. The van der Waals surface area contributed by atoms with Gasteiger partial charge in [-0.3, -0.25) is 9.78 Å². The van der Waals surface area contributed by atoms with Crippen molar-refractivity contribution in [3.8, 4) is 11.1 Å². The van der Waals surface area contributed by atoms with Crippen LogP contribution in [0.5, 0.6) is 0 Å². The number of rotatable bonds is 1. The van der Waals surface area contributed by atoms with Crippen molar-refractivity contribution in [3.05, 3.63) is 64.1 Å². The lowest BCUT2D eigenvalue weighted by atomic mass is 10.0. The fourth-order valence-corrected chi connectivity index (χ4v) is 2.12. The van der Waals surface area contributed by atoms with Gasteiger partial charge in [-0.2, -0.15) is 0 Å². The molecule has 0 aliphatic rings. The third kappa shape index (κ3) is 2.15. The van der Waals surface area contributed by atoms with E-state index in [0.29, 0.717) is 0 Å². The summed E-state index contributed by atoms with van der Waals surface area (Å²) in [6, 6.07) is 11.5. The van der Waals surface area contributed by atoms with E-state index in [-0.39, 0.29) is 5.56 Å².